The molecule has 0 spiro atoms. The van der Waals surface area contributed by atoms with E-state index >= 15 is 0 Å². The van der Waals surface area contributed by atoms with E-state index in [-0.39, 0.29) is 5.69 Å². The maximum Gasteiger partial charge on any atom is 0.255 e. The Morgan fingerprint density at radius 2 is 2.00 bits per heavy atom. The number of carbonyl (C=O) groups is 2. The lowest BCUT2D eigenvalue weighted by Crippen LogP contribution is -2.21. The number of hydrogen-bond acceptors (Lipinski definition) is 2. The maximum atomic E-state index is 12.1. The quantitative estimate of drug-likeness (QED) is 0.483. The fourth-order valence-electron chi connectivity index (χ4n) is 1.92. The van der Waals surface area contributed by atoms with Crippen LogP contribution in [0.4, 0.5) is 0 Å². The fourth-order valence-corrected chi connectivity index (χ4v) is 2.19. The second-order valence-electron chi connectivity index (χ2n) is 3.79. The molecule has 2 aromatic heterocycles. The van der Waals surface area contributed by atoms with Crippen molar-refractivity contribution in [2.24, 2.45) is 0 Å². The number of Topliss-reactive ketones (excluding diaryl/α,β-unsaturated/α-hetero) is 1. The van der Waals surface area contributed by atoms with Crippen LogP contribution in [0.1, 0.15) is 26.4 Å². The summed E-state index contributed by atoms with van der Waals surface area (Å²) in [6, 6.07) is 5.23. The summed E-state index contributed by atoms with van der Waals surface area (Å²) in [7, 11) is 0. The highest BCUT2D eigenvalue weighted by atomic mass is 35.6. The number of nitrogens with zero attached hydrogens (tertiary/aromatic N) is 1. The molecule has 0 radical (unpaired) electrons. The Bertz CT molecular complexity index is 641. The van der Waals surface area contributed by atoms with Gasteiger partial charge in [0.15, 0.2) is 6.29 Å². The van der Waals surface area contributed by atoms with Crippen LogP contribution in [0.25, 0.3) is 5.52 Å². The third-order valence-electron chi connectivity index (χ3n) is 2.73. The first kappa shape index (κ1) is 13.4. The molecule has 2 aromatic rings. The summed E-state index contributed by atoms with van der Waals surface area (Å²) in [5, 5.41) is 0. The zero-order valence-corrected chi connectivity index (χ0v) is 11.6. The molecule has 0 N–H and O–H groups in total. The van der Waals surface area contributed by atoms with Crippen molar-refractivity contribution in [1.29, 1.82) is 0 Å². The van der Waals surface area contributed by atoms with Gasteiger partial charge in [0, 0.05) is 11.8 Å². The average Bonchev–Trinajstić information content (AvgIpc) is 2.58. The zero-order valence-electron chi connectivity index (χ0n) is 9.28. The highest BCUT2D eigenvalue weighted by molar-refractivity contribution is 6.77. The van der Waals surface area contributed by atoms with Crippen molar-refractivity contribution in [3.63, 3.8) is 0 Å². The molecular weight excluding hydrogens is 296 g/mol. The minimum Gasteiger partial charge on any atom is -0.313 e. The molecule has 3 nitrogen and oxygen atoms in total. The minimum atomic E-state index is -2.05. The molecule has 0 fully saturated rings. The summed E-state index contributed by atoms with van der Waals surface area (Å²) in [6.45, 7) is 1.65. The van der Waals surface area contributed by atoms with Gasteiger partial charge in [-0.3, -0.25) is 9.59 Å². The predicted octanol–water partition coefficient (Wildman–Crippen LogP) is 3.61. The first-order chi connectivity index (χ1) is 8.38. The van der Waals surface area contributed by atoms with Crippen LogP contribution < -0.4 is 0 Å². The third-order valence-corrected chi connectivity index (χ3v) is 3.24. The highest BCUT2D eigenvalue weighted by Gasteiger charge is 2.35. The number of hydrogen-bond donors (Lipinski definition) is 0. The number of fused-ring (bicyclic) bond motifs is 1. The van der Waals surface area contributed by atoms with Crippen molar-refractivity contribution in [1.82, 2.24) is 4.40 Å². The van der Waals surface area contributed by atoms with Crippen LogP contribution in [0.2, 0.25) is 0 Å². The van der Waals surface area contributed by atoms with Gasteiger partial charge in [-0.15, -0.1) is 0 Å². The third kappa shape index (κ3) is 2.03. The number of carbonyl (C=O) groups excluding carboxylic acids is 2. The standard InChI is InChI=1S/C12H8Cl3NO2/c1-7-8(6-17)9-4-2-3-5-16(9)10(7)11(18)12(13,14)15/h2-6H,1H3. The molecule has 0 bridgehead atoms. The van der Waals surface area contributed by atoms with Crippen molar-refractivity contribution < 1.29 is 9.59 Å². The Kier molecular flexibility index (Phi) is 3.41. The molecule has 2 heterocycles. The number of ketones is 1. The Hall–Kier alpha value is -1.03. The van der Waals surface area contributed by atoms with Gasteiger partial charge in [-0.05, 0) is 24.6 Å². The second-order valence-corrected chi connectivity index (χ2v) is 6.07. The number of aldehydes is 1. The van der Waals surface area contributed by atoms with Crippen molar-refractivity contribution in [2.45, 2.75) is 10.7 Å². The van der Waals surface area contributed by atoms with E-state index in [0.717, 1.165) is 0 Å². The highest BCUT2D eigenvalue weighted by Crippen LogP contribution is 2.33. The normalized spacial score (nSPS) is 11.8. The summed E-state index contributed by atoms with van der Waals surface area (Å²) in [6.07, 6.45) is 2.35. The molecular formula is C12H8Cl3NO2. The molecule has 18 heavy (non-hydrogen) atoms. The summed E-state index contributed by atoms with van der Waals surface area (Å²) < 4.78 is -0.488. The first-order valence-electron chi connectivity index (χ1n) is 5.04. The van der Waals surface area contributed by atoms with E-state index in [1.165, 1.54) is 0 Å². The largest absolute Gasteiger partial charge is 0.313 e. The van der Waals surface area contributed by atoms with Gasteiger partial charge in [0.25, 0.3) is 3.79 Å². The van der Waals surface area contributed by atoms with E-state index in [2.05, 4.69) is 0 Å². The average molecular weight is 305 g/mol. The molecule has 6 heteroatoms. The van der Waals surface area contributed by atoms with Crippen molar-refractivity contribution in [3.05, 3.63) is 41.2 Å². The van der Waals surface area contributed by atoms with E-state index in [1.54, 1.807) is 35.7 Å². The lowest BCUT2D eigenvalue weighted by atomic mass is 10.1. The molecule has 0 aromatic carbocycles. The van der Waals surface area contributed by atoms with Crippen molar-refractivity contribution in [2.75, 3.05) is 0 Å². The SMILES string of the molecule is Cc1c(C=O)c2ccccn2c1C(=O)C(Cl)(Cl)Cl. The van der Waals surface area contributed by atoms with Crippen molar-refractivity contribution in [3.8, 4) is 0 Å². The lowest BCUT2D eigenvalue weighted by molar-refractivity contribution is 0.0990. The van der Waals surface area contributed by atoms with Gasteiger partial charge in [0.2, 0.25) is 5.78 Å². The molecule has 0 aliphatic rings. The molecule has 0 saturated heterocycles. The summed E-state index contributed by atoms with van der Waals surface area (Å²) in [4.78, 5) is 23.2. The summed E-state index contributed by atoms with van der Waals surface area (Å²) in [5.74, 6) is -0.653. The van der Waals surface area contributed by atoms with E-state index in [1.807, 2.05) is 0 Å². The monoisotopic (exact) mass is 303 g/mol. The number of pyridine rings is 1. The van der Waals surface area contributed by atoms with E-state index in [4.69, 9.17) is 34.8 Å². The van der Waals surface area contributed by atoms with Crippen LogP contribution in [0.15, 0.2) is 24.4 Å². The molecule has 0 aliphatic carbocycles. The predicted molar refractivity (Wildman–Crippen MR) is 72.1 cm³/mol. The molecule has 94 valence electrons. The Balaban J connectivity index is 2.83. The smallest absolute Gasteiger partial charge is 0.255 e. The molecule has 0 unspecified atom stereocenters. The molecule has 2 rings (SSSR count). The van der Waals surface area contributed by atoms with Gasteiger partial charge in [-0.25, -0.2) is 0 Å². The molecule has 0 atom stereocenters. The van der Waals surface area contributed by atoms with Gasteiger partial charge in [-0.1, -0.05) is 40.9 Å². The maximum absolute atomic E-state index is 12.1. The van der Waals surface area contributed by atoms with Gasteiger partial charge < -0.3 is 4.40 Å². The Labute approximate surface area is 118 Å². The first-order valence-corrected chi connectivity index (χ1v) is 6.17. The van der Waals surface area contributed by atoms with E-state index in [9.17, 15) is 9.59 Å². The number of halogens is 3. The number of alkyl halides is 3. The zero-order chi connectivity index (χ0) is 13.5. The Morgan fingerprint density at radius 1 is 1.33 bits per heavy atom. The van der Waals surface area contributed by atoms with Crippen LogP contribution in [0.5, 0.6) is 0 Å². The van der Waals surface area contributed by atoms with Crippen LogP contribution in [0.3, 0.4) is 0 Å². The van der Waals surface area contributed by atoms with Gasteiger partial charge in [0.05, 0.1) is 11.2 Å². The summed E-state index contributed by atoms with van der Waals surface area (Å²) in [5.41, 5.74) is 1.76. The second kappa shape index (κ2) is 4.57. The van der Waals surface area contributed by atoms with Crippen LogP contribution in [-0.4, -0.2) is 20.3 Å². The van der Waals surface area contributed by atoms with Gasteiger partial charge in [-0.2, -0.15) is 0 Å². The van der Waals surface area contributed by atoms with E-state index < -0.39 is 9.58 Å². The van der Waals surface area contributed by atoms with Crippen LogP contribution >= 0.6 is 34.8 Å². The molecule has 0 aliphatic heterocycles. The topological polar surface area (TPSA) is 38.5 Å². The lowest BCUT2D eigenvalue weighted by Gasteiger charge is -2.10. The number of aromatic nitrogens is 1. The number of rotatable bonds is 2. The van der Waals surface area contributed by atoms with Gasteiger partial charge >= 0.3 is 0 Å². The molecule has 0 amide bonds. The minimum absolute atomic E-state index is 0.215. The fraction of sp³-hybridized carbons (Fsp3) is 0.167. The Morgan fingerprint density at radius 3 is 2.56 bits per heavy atom. The van der Waals surface area contributed by atoms with Crippen LogP contribution in [-0.2, 0) is 0 Å². The summed E-state index contributed by atoms with van der Waals surface area (Å²) >= 11 is 16.9. The van der Waals surface area contributed by atoms with E-state index in [0.29, 0.717) is 22.9 Å². The molecule has 0 saturated carbocycles. The van der Waals surface area contributed by atoms with Crippen LogP contribution in [0, 0.1) is 6.92 Å². The van der Waals surface area contributed by atoms with Gasteiger partial charge in [0.1, 0.15) is 0 Å². The van der Waals surface area contributed by atoms with Crippen molar-refractivity contribution >= 4 is 52.4 Å².